The molecule has 0 bridgehead atoms. The van der Waals surface area contributed by atoms with Crippen molar-refractivity contribution in [1.82, 2.24) is 9.62 Å². The minimum Gasteiger partial charge on any atom is -0.468 e. The quantitative estimate of drug-likeness (QED) is 0.502. The van der Waals surface area contributed by atoms with Crippen molar-refractivity contribution >= 4 is 33.5 Å². The molecule has 0 saturated heterocycles. The van der Waals surface area contributed by atoms with Gasteiger partial charge in [-0.1, -0.05) is 26.0 Å². The average Bonchev–Trinajstić information content (AvgIpc) is 2.79. The summed E-state index contributed by atoms with van der Waals surface area (Å²) in [5.74, 6) is -2.48. The maximum Gasteiger partial charge on any atom is 0.325 e. The van der Waals surface area contributed by atoms with Gasteiger partial charge in [-0.05, 0) is 35.9 Å². The van der Waals surface area contributed by atoms with Crippen LogP contribution in [0.3, 0.4) is 0 Å². The molecule has 0 aromatic heterocycles. The fraction of sp³-hybridized carbons (Fsp3) is 0.318. The summed E-state index contributed by atoms with van der Waals surface area (Å²) in [6.07, 6.45) is 0.0236. The van der Waals surface area contributed by atoms with E-state index in [0.717, 1.165) is 16.4 Å². The lowest BCUT2D eigenvalue weighted by atomic mass is 10.1. The van der Waals surface area contributed by atoms with E-state index in [-0.39, 0.29) is 37.5 Å². The van der Waals surface area contributed by atoms with E-state index in [1.54, 1.807) is 38.1 Å². The van der Waals surface area contributed by atoms with Crippen molar-refractivity contribution in [2.45, 2.75) is 25.2 Å². The Balaban J connectivity index is 2.10. The van der Waals surface area contributed by atoms with Crippen molar-refractivity contribution in [2.24, 2.45) is 0 Å². The van der Waals surface area contributed by atoms with Crippen LogP contribution in [0.2, 0.25) is 0 Å². The molecule has 2 rings (SSSR count). The third kappa shape index (κ3) is 6.83. The van der Waals surface area contributed by atoms with Crippen molar-refractivity contribution in [1.29, 1.82) is 0 Å². The maximum absolute atomic E-state index is 14.3. The molecular formula is C22H26FN3O6S. The SMILES string of the molecule is CCN(CC)S(=O)(=O)c1cc(C(=O)Nc2ccc(CC(=O)NCC(=O)OC)cc2)ccc1F. The summed E-state index contributed by atoms with van der Waals surface area (Å²) in [6.45, 7) is 3.39. The molecule has 0 aliphatic heterocycles. The zero-order valence-corrected chi connectivity index (χ0v) is 19.4. The van der Waals surface area contributed by atoms with Crippen LogP contribution in [0.4, 0.5) is 10.1 Å². The molecule has 0 heterocycles. The van der Waals surface area contributed by atoms with E-state index in [0.29, 0.717) is 11.3 Å². The van der Waals surface area contributed by atoms with Crippen LogP contribution in [-0.4, -0.2) is 57.3 Å². The third-order valence-corrected chi connectivity index (χ3v) is 6.82. The molecule has 0 saturated carbocycles. The molecule has 0 atom stereocenters. The summed E-state index contributed by atoms with van der Waals surface area (Å²) in [7, 11) is -2.86. The van der Waals surface area contributed by atoms with Crippen LogP contribution in [0.5, 0.6) is 0 Å². The van der Waals surface area contributed by atoms with Gasteiger partial charge in [-0.15, -0.1) is 0 Å². The number of carbonyl (C=O) groups is 3. The molecule has 0 fully saturated rings. The summed E-state index contributed by atoms with van der Waals surface area (Å²) < 4.78 is 45.2. The lowest BCUT2D eigenvalue weighted by Crippen LogP contribution is -2.31. The van der Waals surface area contributed by atoms with Crippen molar-refractivity contribution in [3.8, 4) is 0 Å². The molecule has 2 aromatic carbocycles. The van der Waals surface area contributed by atoms with Crippen molar-refractivity contribution in [2.75, 3.05) is 32.1 Å². The highest BCUT2D eigenvalue weighted by molar-refractivity contribution is 7.89. The van der Waals surface area contributed by atoms with Gasteiger partial charge < -0.3 is 15.4 Å². The molecule has 0 radical (unpaired) electrons. The minimum absolute atomic E-state index is 0.0200. The zero-order valence-electron chi connectivity index (χ0n) is 18.6. The number of rotatable bonds is 10. The Kier molecular flexibility index (Phi) is 9.06. The van der Waals surface area contributed by atoms with Gasteiger partial charge in [0.1, 0.15) is 17.3 Å². The largest absolute Gasteiger partial charge is 0.468 e. The van der Waals surface area contributed by atoms with Crippen LogP contribution in [0.25, 0.3) is 0 Å². The topological polar surface area (TPSA) is 122 Å². The van der Waals surface area contributed by atoms with Crippen LogP contribution in [0.15, 0.2) is 47.4 Å². The Morgan fingerprint density at radius 3 is 2.24 bits per heavy atom. The Morgan fingerprint density at radius 1 is 1.03 bits per heavy atom. The first-order chi connectivity index (χ1) is 15.6. The molecule has 0 spiro atoms. The lowest BCUT2D eigenvalue weighted by Gasteiger charge is -2.19. The molecule has 2 N–H and O–H groups in total. The third-order valence-electron chi connectivity index (χ3n) is 4.75. The van der Waals surface area contributed by atoms with E-state index in [2.05, 4.69) is 15.4 Å². The van der Waals surface area contributed by atoms with Crippen molar-refractivity contribution < 1.29 is 31.9 Å². The fourth-order valence-electron chi connectivity index (χ4n) is 2.94. The Hall–Kier alpha value is -3.31. The molecule has 11 heteroatoms. The van der Waals surface area contributed by atoms with Gasteiger partial charge in [0.05, 0.1) is 13.5 Å². The molecular weight excluding hydrogens is 453 g/mol. The second-order valence-corrected chi connectivity index (χ2v) is 8.82. The Morgan fingerprint density at radius 2 is 1.67 bits per heavy atom. The predicted octanol–water partition coefficient (Wildman–Crippen LogP) is 1.94. The standard InChI is InChI=1S/C22H26FN3O6S/c1-4-26(5-2)33(30,31)19-13-16(8-11-18(19)23)22(29)25-17-9-6-15(7-10-17)12-20(27)24-14-21(28)32-3/h6-11,13H,4-5,12,14H2,1-3H3,(H,24,27)(H,25,29). The first-order valence-corrected chi connectivity index (χ1v) is 11.6. The predicted molar refractivity (Wildman–Crippen MR) is 120 cm³/mol. The number of ether oxygens (including phenoxy) is 1. The number of carbonyl (C=O) groups excluding carboxylic acids is 3. The van der Waals surface area contributed by atoms with E-state index in [9.17, 15) is 27.2 Å². The highest BCUT2D eigenvalue weighted by Gasteiger charge is 2.26. The number of anilines is 1. The molecule has 9 nitrogen and oxygen atoms in total. The van der Waals surface area contributed by atoms with Gasteiger partial charge in [-0.25, -0.2) is 12.8 Å². The number of amides is 2. The number of methoxy groups -OCH3 is 1. The maximum atomic E-state index is 14.3. The average molecular weight is 480 g/mol. The molecule has 2 amide bonds. The highest BCUT2D eigenvalue weighted by atomic mass is 32.2. The number of hydrogen-bond donors (Lipinski definition) is 2. The normalized spacial score (nSPS) is 11.2. The van der Waals surface area contributed by atoms with E-state index in [4.69, 9.17) is 0 Å². The second kappa shape index (κ2) is 11.5. The molecule has 178 valence electrons. The highest BCUT2D eigenvalue weighted by Crippen LogP contribution is 2.21. The van der Waals surface area contributed by atoms with Gasteiger partial charge in [0.2, 0.25) is 15.9 Å². The van der Waals surface area contributed by atoms with Gasteiger partial charge >= 0.3 is 5.97 Å². The Labute approximate surface area is 192 Å². The minimum atomic E-state index is -4.08. The fourth-order valence-corrected chi connectivity index (χ4v) is 4.49. The number of esters is 1. The summed E-state index contributed by atoms with van der Waals surface area (Å²) in [6, 6.07) is 9.53. The number of nitrogens with zero attached hydrogens (tertiary/aromatic N) is 1. The molecule has 2 aromatic rings. The number of hydrogen-bond acceptors (Lipinski definition) is 6. The van der Waals surface area contributed by atoms with Crippen molar-refractivity contribution in [3.05, 3.63) is 59.4 Å². The van der Waals surface area contributed by atoms with E-state index >= 15 is 0 Å². The number of halogens is 1. The summed E-state index contributed by atoms with van der Waals surface area (Å²) >= 11 is 0. The van der Waals surface area contributed by atoms with Gasteiger partial charge in [-0.3, -0.25) is 14.4 Å². The summed E-state index contributed by atoms with van der Waals surface area (Å²) in [5, 5.41) is 5.03. The summed E-state index contributed by atoms with van der Waals surface area (Å²) in [5.41, 5.74) is 1.02. The molecule has 33 heavy (non-hydrogen) atoms. The molecule has 0 aliphatic rings. The Bertz CT molecular complexity index is 1120. The van der Waals surface area contributed by atoms with Crippen LogP contribution in [0, 0.1) is 5.82 Å². The second-order valence-electron chi connectivity index (χ2n) is 6.92. The monoisotopic (exact) mass is 479 g/mol. The van der Waals surface area contributed by atoms with Gasteiger partial charge in [0.15, 0.2) is 0 Å². The number of nitrogens with one attached hydrogen (secondary N) is 2. The van der Waals surface area contributed by atoms with Crippen LogP contribution in [-0.2, 0) is 30.8 Å². The van der Waals surface area contributed by atoms with E-state index in [1.165, 1.54) is 13.2 Å². The van der Waals surface area contributed by atoms with Crippen molar-refractivity contribution in [3.63, 3.8) is 0 Å². The van der Waals surface area contributed by atoms with Gasteiger partial charge in [-0.2, -0.15) is 4.31 Å². The van der Waals surface area contributed by atoms with E-state index in [1.807, 2.05) is 0 Å². The van der Waals surface area contributed by atoms with Crippen LogP contribution < -0.4 is 10.6 Å². The molecule has 0 aliphatic carbocycles. The first-order valence-electron chi connectivity index (χ1n) is 10.2. The number of benzene rings is 2. The van der Waals surface area contributed by atoms with Crippen LogP contribution >= 0.6 is 0 Å². The van der Waals surface area contributed by atoms with Gasteiger partial charge in [0.25, 0.3) is 5.91 Å². The van der Waals surface area contributed by atoms with E-state index < -0.39 is 32.6 Å². The van der Waals surface area contributed by atoms with Gasteiger partial charge in [0, 0.05) is 24.3 Å². The number of sulfonamides is 1. The lowest BCUT2D eigenvalue weighted by molar-refractivity contribution is -0.141. The smallest absolute Gasteiger partial charge is 0.325 e. The van der Waals surface area contributed by atoms with Crippen LogP contribution in [0.1, 0.15) is 29.8 Å². The summed E-state index contributed by atoms with van der Waals surface area (Å²) in [4.78, 5) is 34.9. The molecule has 0 unspecified atom stereocenters. The first kappa shape index (κ1) is 25.9. The zero-order chi connectivity index (χ0) is 24.6.